The molecule has 1 aromatic rings. The summed E-state index contributed by atoms with van der Waals surface area (Å²) in [6.07, 6.45) is 6.74. The minimum atomic E-state index is -1.65. The number of aryl methyl sites for hydroxylation is 1. The lowest BCUT2D eigenvalue weighted by molar-refractivity contribution is 0.0304. The molecule has 2 atom stereocenters. The van der Waals surface area contributed by atoms with Crippen molar-refractivity contribution in [2.24, 2.45) is 0 Å². The number of benzene rings is 1. The summed E-state index contributed by atoms with van der Waals surface area (Å²) in [6.45, 7) is 2.55. The Kier molecular flexibility index (Phi) is 6.12. The predicted octanol–water partition coefficient (Wildman–Crippen LogP) is 5.24. The zero-order valence-corrected chi connectivity index (χ0v) is 12.4. The van der Waals surface area contributed by atoms with Gasteiger partial charge in [0.1, 0.15) is 0 Å². The fourth-order valence-corrected chi connectivity index (χ4v) is 2.68. The molecule has 0 aliphatic carbocycles. The predicted molar refractivity (Wildman–Crippen MR) is 81.6 cm³/mol. The summed E-state index contributed by atoms with van der Waals surface area (Å²) in [6, 6.07) is 8.61. The Hall–Kier alpha value is -1.48. The van der Waals surface area contributed by atoms with Crippen LogP contribution in [-0.4, -0.2) is 12.7 Å². The minimum absolute atomic E-state index is 0.321. The Morgan fingerprint density at radius 1 is 1.24 bits per heavy atom. The quantitative estimate of drug-likeness (QED) is 0.674. The summed E-state index contributed by atoms with van der Waals surface area (Å²) >= 11 is 0. The Morgan fingerprint density at radius 2 is 2.00 bits per heavy atom. The first-order chi connectivity index (χ1) is 10.2. The Morgan fingerprint density at radius 3 is 2.57 bits per heavy atom. The largest absolute Gasteiger partial charge is 0.373 e. The molecule has 0 saturated carbocycles. The van der Waals surface area contributed by atoms with E-state index in [2.05, 4.69) is 36.4 Å². The third-order valence-electron chi connectivity index (χ3n) is 3.91. The van der Waals surface area contributed by atoms with Gasteiger partial charge in [0, 0.05) is 12.0 Å². The summed E-state index contributed by atoms with van der Waals surface area (Å²) in [5.74, 6) is 0.321. The highest BCUT2D eigenvalue weighted by Crippen LogP contribution is 2.29. The maximum absolute atomic E-state index is 12.2. The van der Waals surface area contributed by atoms with Crippen molar-refractivity contribution in [2.45, 2.75) is 44.6 Å². The maximum Gasteiger partial charge on any atom is 0.268 e. The lowest BCUT2D eigenvalue weighted by Crippen LogP contribution is -2.23. The van der Waals surface area contributed by atoms with Gasteiger partial charge in [-0.05, 0) is 43.7 Å². The van der Waals surface area contributed by atoms with Crippen molar-refractivity contribution < 1.29 is 13.5 Å². The van der Waals surface area contributed by atoms with Crippen LogP contribution in [-0.2, 0) is 11.2 Å². The number of hydrogen-bond donors (Lipinski definition) is 0. The van der Waals surface area contributed by atoms with Gasteiger partial charge < -0.3 is 4.74 Å². The van der Waals surface area contributed by atoms with E-state index >= 15 is 0 Å². The second-order valence-corrected chi connectivity index (χ2v) is 5.45. The number of halogens is 2. The molecule has 2 unspecified atom stereocenters. The van der Waals surface area contributed by atoms with E-state index in [0.717, 1.165) is 25.3 Å². The van der Waals surface area contributed by atoms with Gasteiger partial charge in [0.05, 0.1) is 12.7 Å². The lowest BCUT2D eigenvalue weighted by Gasteiger charge is -2.27. The van der Waals surface area contributed by atoms with Crippen LogP contribution < -0.4 is 0 Å². The molecule has 0 bridgehead atoms. The number of rotatable bonds is 5. The van der Waals surface area contributed by atoms with Crippen LogP contribution in [0.15, 0.2) is 48.6 Å². The molecular formula is C18H22F2O. The van der Waals surface area contributed by atoms with Gasteiger partial charge in [-0.25, -0.2) is 0 Å². The van der Waals surface area contributed by atoms with Gasteiger partial charge in [0.15, 0.2) is 0 Å². The summed E-state index contributed by atoms with van der Waals surface area (Å²) in [5.41, 5.74) is 2.57. The van der Waals surface area contributed by atoms with Crippen molar-refractivity contribution in [3.8, 4) is 0 Å². The van der Waals surface area contributed by atoms with Crippen LogP contribution in [0.4, 0.5) is 8.78 Å². The Bertz CT molecular complexity index is 478. The Balaban J connectivity index is 1.87. The number of allylic oxidation sites excluding steroid dienone is 2. The highest BCUT2D eigenvalue weighted by molar-refractivity contribution is 5.26. The molecule has 0 amide bonds. The van der Waals surface area contributed by atoms with Gasteiger partial charge in [-0.1, -0.05) is 36.4 Å². The fourth-order valence-electron chi connectivity index (χ4n) is 2.68. The van der Waals surface area contributed by atoms with Gasteiger partial charge in [-0.2, -0.15) is 8.78 Å². The molecule has 1 aromatic carbocycles. The van der Waals surface area contributed by atoms with Crippen LogP contribution in [0, 0.1) is 0 Å². The molecular weight excluding hydrogens is 270 g/mol. The van der Waals surface area contributed by atoms with Crippen molar-refractivity contribution in [1.29, 1.82) is 0 Å². The molecule has 114 valence electrons. The van der Waals surface area contributed by atoms with Crippen LogP contribution in [0.25, 0.3) is 0 Å². The molecule has 21 heavy (non-hydrogen) atoms. The first kappa shape index (κ1) is 15.9. The first-order valence-electron chi connectivity index (χ1n) is 7.53. The van der Waals surface area contributed by atoms with Crippen LogP contribution in [0.2, 0.25) is 0 Å². The fraction of sp³-hybridized carbons (Fsp3) is 0.444. The normalized spacial score (nSPS) is 22.4. The first-order valence-corrected chi connectivity index (χ1v) is 7.53. The van der Waals surface area contributed by atoms with E-state index in [9.17, 15) is 8.78 Å². The summed E-state index contributed by atoms with van der Waals surface area (Å²) in [4.78, 5) is 0. The summed E-state index contributed by atoms with van der Waals surface area (Å²) < 4.78 is 29.9. The molecule has 1 fully saturated rings. The van der Waals surface area contributed by atoms with Crippen molar-refractivity contribution in [1.82, 2.24) is 0 Å². The molecule has 1 aliphatic heterocycles. The third kappa shape index (κ3) is 5.09. The molecule has 2 rings (SSSR count). The summed E-state index contributed by atoms with van der Waals surface area (Å²) in [7, 11) is 0. The molecule has 1 nitrogen and oxygen atoms in total. The van der Waals surface area contributed by atoms with Crippen molar-refractivity contribution in [2.75, 3.05) is 6.61 Å². The van der Waals surface area contributed by atoms with Gasteiger partial charge in [-0.3, -0.25) is 0 Å². The highest BCUT2D eigenvalue weighted by Gasteiger charge is 2.22. The number of hydrogen-bond acceptors (Lipinski definition) is 1. The van der Waals surface area contributed by atoms with Gasteiger partial charge in [0.2, 0.25) is 0 Å². The molecule has 0 N–H and O–H groups in total. The second-order valence-electron chi connectivity index (χ2n) is 5.45. The van der Waals surface area contributed by atoms with Crippen LogP contribution in [0.5, 0.6) is 0 Å². The van der Waals surface area contributed by atoms with E-state index in [1.54, 1.807) is 0 Å². The summed E-state index contributed by atoms with van der Waals surface area (Å²) in [5, 5.41) is 0. The van der Waals surface area contributed by atoms with E-state index in [-0.39, 0.29) is 0 Å². The molecule has 0 spiro atoms. The number of ether oxygens (including phenoxy) is 1. The van der Waals surface area contributed by atoms with E-state index in [1.807, 2.05) is 6.92 Å². The van der Waals surface area contributed by atoms with E-state index < -0.39 is 12.2 Å². The standard InChI is InChI=1S/C18H22F2O/c1-2-3-4-5-14-6-8-15(9-7-14)16-10-11-17(21-13-16)12-18(19)20/h2-3,6-9,12,16-17H,4-5,10-11,13H2,1H3/b3-2+. The van der Waals surface area contributed by atoms with Crippen molar-refractivity contribution in [3.63, 3.8) is 0 Å². The SMILES string of the molecule is C/C=C/CCc1ccc(C2CCC(C=C(F)F)OC2)cc1. The molecule has 1 aliphatic rings. The van der Waals surface area contributed by atoms with E-state index in [1.165, 1.54) is 11.1 Å². The molecule has 3 heteroatoms. The lowest BCUT2D eigenvalue weighted by atomic mass is 9.90. The van der Waals surface area contributed by atoms with E-state index in [4.69, 9.17) is 4.74 Å². The molecule has 1 heterocycles. The maximum atomic E-state index is 12.2. The van der Waals surface area contributed by atoms with Crippen LogP contribution in [0.3, 0.4) is 0 Å². The highest BCUT2D eigenvalue weighted by atomic mass is 19.3. The van der Waals surface area contributed by atoms with Gasteiger partial charge in [-0.15, -0.1) is 0 Å². The van der Waals surface area contributed by atoms with E-state index in [0.29, 0.717) is 18.9 Å². The average Bonchev–Trinajstić information content (AvgIpc) is 2.49. The zero-order chi connectivity index (χ0) is 15.1. The zero-order valence-electron chi connectivity index (χ0n) is 12.4. The average molecular weight is 292 g/mol. The minimum Gasteiger partial charge on any atom is -0.373 e. The molecule has 0 radical (unpaired) electrons. The van der Waals surface area contributed by atoms with Crippen molar-refractivity contribution >= 4 is 0 Å². The van der Waals surface area contributed by atoms with Crippen LogP contribution >= 0.6 is 0 Å². The molecule has 0 aromatic heterocycles. The van der Waals surface area contributed by atoms with Crippen molar-refractivity contribution in [3.05, 3.63) is 59.7 Å². The smallest absolute Gasteiger partial charge is 0.268 e. The molecule has 1 saturated heterocycles. The second kappa shape index (κ2) is 8.08. The monoisotopic (exact) mass is 292 g/mol. The third-order valence-corrected chi connectivity index (χ3v) is 3.91. The van der Waals surface area contributed by atoms with Gasteiger partial charge >= 0.3 is 0 Å². The van der Waals surface area contributed by atoms with Crippen LogP contribution in [0.1, 0.15) is 43.2 Å². The Labute approximate surface area is 125 Å². The van der Waals surface area contributed by atoms with Gasteiger partial charge in [0.25, 0.3) is 6.08 Å². The topological polar surface area (TPSA) is 9.23 Å².